The lowest BCUT2D eigenvalue weighted by Gasteiger charge is -2.22. The van der Waals surface area contributed by atoms with Crippen LogP contribution in [0.5, 0.6) is 0 Å². The molecule has 1 rings (SSSR count). The summed E-state index contributed by atoms with van der Waals surface area (Å²) >= 11 is 0. The number of ether oxygens (including phenoxy) is 1. The average molecular weight is 289 g/mol. The van der Waals surface area contributed by atoms with Gasteiger partial charge in [0.05, 0.1) is 11.2 Å². The molecule has 2 N–H and O–H groups in total. The van der Waals surface area contributed by atoms with E-state index in [1.165, 1.54) is 7.11 Å². The van der Waals surface area contributed by atoms with E-state index >= 15 is 0 Å². The first-order valence-electron chi connectivity index (χ1n) is 6.12. The number of hydrogen-bond donors (Lipinski definition) is 1. The average Bonchev–Trinajstić information content (AvgIpc) is 2.35. The summed E-state index contributed by atoms with van der Waals surface area (Å²) in [6.07, 6.45) is -4.01. The molecule has 3 nitrogen and oxygen atoms in total. The summed E-state index contributed by atoms with van der Waals surface area (Å²) in [5.41, 5.74) is 4.17. The zero-order valence-corrected chi connectivity index (χ0v) is 11.7. The van der Waals surface area contributed by atoms with Crippen molar-refractivity contribution in [3.8, 4) is 0 Å². The monoisotopic (exact) mass is 289 g/mol. The minimum atomic E-state index is -4.49. The number of rotatable bonds is 5. The van der Waals surface area contributed by atoms with Gasteiger partial charge in [-0.15, -0.1) is 0 Å². The predicted molar refractivity (Wildman–Crippen MR) is 70.5 cm³/mol. The Balaban J connectivity index is 2.93. The van der Waals surface area contributed by atoms with Crippen LogP contribution in [0.15, 0.2) is 18.2 Å². The fraction of sp³-hybridized carbons (Fsp3) is 0.500. The third-order valence-corrected chi connectivity index (χ3v) is 3.19. The quantitative estimate of drug-likeness (QED) is 0.664. The molecule has 0 fully saturated rings. The molecule has 0 aromatic heterocycles. The van der Waals surface area contributed by atoms with Gasteiger partial charge in [0.2, 0.25) is 0 Å². The van der Waals surface area contributed by atoms with E-state index in [1.54, 1.807) is 13.8 Å². The van der Waals surface area contributed by atoms with Gasteiger partial charge in [-0.05, 0) is 38.5 Å². The first-order chi connectivity index (χ1) is 9.07. The van der Waals surface area contributed by atoms with E-state index in [4.69, 9.17) is 10.5 Å². The van der Waals surface area contributed by atoms with Crippen LogP contribution in [0, 0.1) is 0 Å². The highest BCUT2D eigenvalue weighted by Crippen LogP contribution is 2.32. The van der Waals surface area contributed by atoms with Crippen molar-refractivity contribution in [2.24, 2.45) is 0 Å². The standard InChI is InChI=1S/C14H18F3NO2/c1-13(2,20-3)7-6-12(19)10-8-9(14(15,16)17)4-5-11(10)18/h4-5,8H,6-7,18H2,1-3H3. The van der Waals surface area contributed by atoms with Crippen LogP contribution in [0.1, 0.15) is 42.6 Å². The Bertz CT molecular complexity index is 496. The van der Waals surface area contributed by atoms with E-state index in [0.29, 0.717) is 6.42 Å². The van der Waals surface area contributed by atoms with E-state index in [1.807, 2.05) is 0 Å². The molecule has 0 aliphatic rings. The van der Waals surface area contributed by atoms with Gasteiger partial charge in [-0.3, -0.25) is 4.79 Å². The van der Waals surface area contributed by atoms with E-state index in [2.05, 4.69) is 0 Å². The molecule has 0 saturated heterocycles. The van der Waals surface area contributed by atoms with Gasteiger partial charge < -0.3 is 10.5 Å². The second-order valence-corrected chi connectivity index (χ2v) is 5.19. The SMILES string of the molecule is COC(C)(C)CCC(=O)c1cc(C(F)(F)F)ccc1N. The minimum Gasteiger partial charge on any atom is -0.398 e. The van der Waals surface area contributed by atoms with Crippen LogP contribution in [-0.4, -0.2) is 18.5 Å². The molecule has 0 amide bonds. The van der Waals surface area contributed by atoms with Gasteiger partial charge in [-0.2, -0.15) is 13.2 Å². The van der Waals surface area contributed by atoms with Crippen molar-refractivity contribution in [1.29, 1.82) is 0 Å². The Hall–Kier alpha value is -1.56. The number of carbonyl (C=O) groups excluding carboxylic acids is 1. The first kappa shape index (κ1) is 16.5. The topological polar surface area (TPSA) is 52.3 Å². The van der Waals surface area contributed by atoms with E-state index in [9.17, 15) is 18.0 Å². The zero-order valence-electron chi connectivity index (χ0n) is 11.7. The Labute approximate surface area is 115 Å². The van der Waals surface area contributed by atoms with Crippen molar-refractivity contribution < 1.29 is 22.7 Å². The predicted octanol–water partition coefficient (Wildman–Crippen LogP) is 3.68. The summed E-state index contributed by atoms with van der Waals surface area (Å²) in [6, 6.07) is 2.78. The highest BCUT2D eigenvalue weighted by molar-refractivity contribution is 6.00. The smallest absolute Gasteiger partial charge is 0.398 e. The summed E-state index contributed by atoms with van der Waals surface area (Å²) in [4.78, 5) is 12.0. The maximum Gasteiger partial charge on any atom is 0.416 e. The lowest BCUT2D eigenvalue weighted by molar-refractivity contribution is -0.137. The van der Waals surface area contributed by atoms with Gasteiger partial charge in [-0.1, -0.05) is 0 Å². The normalized spacial score (nSPS) is 12.5. The maximum absolute atomic E-state index is 12.6. The number of alkyl halides is 3. The molecular weight excluding hydrogens is 271 g/mol. The fourth-order valence-corrected chi connectivity index (χ4v) is 1.63. The number of carbonyl (C=O) groups is 1. The number of Topliss-reactive ketones (excluding diaryl/α,β-unsaturated/α-hetero) is 1. The van der Waals surface area contributed by atoms with E-state index < -0.39 is 23.1 Å². The molecule has 20 heavy (non-hydrogen) atoms. The molecule has 112 valence electrons. The number of benzene rings is 1. The van der Waals surface area contributed by atoms with Crippen molar-refractivity contribution >= 4 is 11.5 Å². The highest BCUT2D eigenvalue weighted by Gasteiger charge is 2.31. The molecule has 0 radical (unpaired) electrons. The number of nitrogen functional groups attached to an aromatic ring is 1. The first-order valence-corrected chi connectivity index (χ1v) is 6.12. The van der Waals surface area contributed by atoms with Crippen LogP contribution in [0.2, 0.25) is 0 Å². The third kappa shape index (κ3) is 4.23. The van der Waals surface area contributed by atoms with Crippen molar-refractivity contribution in [2.45, 2.75) is 38.5 Å². The Kier molecular flexibility index (Phi) is 4.81. The maximum atomic E-state index is 12.6. The second-order valence-electron chi connectivity index (χ2n) is 5.19. The van der Waals surface area contributed by atoms with Crippen molar-refractivity contribution in [2.75, 3.05) is 12.8 Å². The molecule has 0 atom stereocenters. The van der Waals surface area contributed by atoms with E-state index in [-0.39, 0.29) is 17.7 Å². The third-order valence-electron chi connectivity index (χ3n) is 3.19. The van der Waals surface area contributed by atoms with Crippen LogP contribution in [0.25, 0.3) is 0 Å². The summed E-state index contributed by atoms with van der Waals surface area (Å²) < 4.78 is 43.0. The number of nitrogens with two attached hydrogens (primary N) is 1. The Morgan fingerprint density at radius 3 is 2.40 bits per heavy atom. The molecule has 0 aliphatic heterocycles. The van der Waals surface area contributed by atoms with Crippen molar-refractivity contribution in [3.05, 3.63) is 29.3 Å². The highest BCUT2D eigenvalue weighted by atomic mass is 19.4. The van der Waals surface area contributed by atoms with Crippen molar-refractivity contribution in [1.82, 2.24) is 0 Å². The van der Waals surface area contributed by atoms with Crippen LogP contribution in [0.3, 0.4) is 0 Å². The number of halogens is 3. The lowest BCUT2D eigenvalue weighted by Crippen LogP contribution is -2.23. The van der Waals surface area contributed by atoms with Gasteiger partial charge in [-0.25, -0.2) is 0 Å². The van der Waals surface area contributed by atoms with Crippen LogP contribution in [-0.2, 0) is 10.9 Å². The zero-order chi connectivity index (χ0) is 15.6. The van der Waals surface area contributed by atoms with Crippen LogP contribution in [0.4, 0.5) is 18.9 Å². The molecule has 0 unspecified atom stereocenters. The van der Waals surface area contributed by atoms with E-state index in [0.717, 1.165) is 18.2 Å². The van der Waals surface area contributed by atoms with Gasteiger partial charge >= 0.3 is 6.18 Å². The molecule has 1 aromatic rings. The second kappa shape index (κ2) is 5.83. The Morgan fingerprint density at radius 2 is 1.90 bits per heavy atom. The fourth-order valence-electron chi connectivity index (χ4n) is 1.63. The number of methoxy groups -OCH3 is 1. The summed E-state index contributed by atoms with van der Waals surface area (Å²) in [5.74, 6) is -0.418. The van der Waals surface area contributed by atoms with Crippen LogP contribution >= 0.6 is 0 Å². The Morgan fingerprint density at radius 1 is 1.30 bits per heavy atom. The summed E-state index contributed by atoms with van der Waals surface area (Å²) in [7, 11) is 1.52. The van der Waals surface area contributed by atoms with Gasteiger partial charge in [0, 0.05) is 24.8 Å². The minimum absolute atomic E-state index is 0.0539. The number of hydrogen-bond acceptors (Lipinski definition) is 3. The molecule has 0 bridgehead atoms. The molecular formula is C14H18F3NO2. The van der Waals surface area contributed by atoms with Gasteiger partial charge in [0.25, 0.3) is 0 Å². The molecule has 6 heteroatoms. The molecule has 0 aliphatic carbocycles. The van der Waals surface area contributed by atoms with Gasteiger partial charge in [0.15, 0.2) is 5.78 Å². The number of anilines is 1. The summed E-state index contributed by atoms with van der Waals surface area (Å²) in [6.45, 7) is 3.60. The lowest BCUT2D eigenvalue weighted by atomic mass is 9.96. The molecule has 1 aromatic carbocycles. The largest absolute Gasteiger partial charge is 0.416 e. The molecule has 0 saturated carbocycles. The molecule has 0 heterocycles. The van der Waals surface area contributed by atoms with Gasteiger partial charge in [0.1, 0.15) is 0 Å². The summed E-state index contributed by atoms with van der Waals surface area (Å²) in [5, 5.41) is 0. The van der Waals surface area contributed by atoms with Crippen molar-refractivity contribution in [3.63, 3.8) is 0 Å². The number of ketones is 1. The molecule has 0 spiro atoms. The van der Waals surface area contributed by atoms with Crippen LogP contribution < -0.4 is 5.73 Å².